The van der Waals surface area contributed by atoms with Gasteiger partial charge in [0.25, 0.3) is 0 Å². The highest BCUT2D eigenvalue weighted by atomic mass is 15.1. The van der Waals surface area contributed by atoms with Crippen molar-refractivity contribution in [2.45, 2.75) is 0 Å². The first-order valence-corrected chi connectivity index (χ1v) is 5.94. The van der Waals surface area contributed by atoms with Gasteiger partial charge in [0.1, 0.15) is 5.82 Å². The van der Waals surface area contributed by atoms with Crippen molar-refractivity contribution in [3.63, 3.8) is 0 Å². The Labute approximate surface area is 106 Å². The maximum atomic E-state index is 4.71. The van der Waals surface area contributed by atoms with Gasteiger partial charge in [-0.25, -0.2) is 4.98 Å². The van der Waals surface area contributed by atoms with E-state index in [0.717, 1.165) is 28.0 Å². The summed E-state index contributed by atoms with van der Waals surface area (Å²) in [6.45, 7) is 3.86. The molecular formula is C16H14N2. The van der Waals surface area contributed by atoms with E-state index in [9.17, 15) is 0 Å². The van der Waals surface area contributed by atoms with Crippen LogP contribution in [0.25, 0.3) is 28.5 Å². The molecule has 0 atom stereocenters. The van der Waals surface area contributed by atoms with Gasteiger partial charge in [0.2, 0.25) is 0 Å². The Hall–Kier alpha value is -2.35. The van der Waals surface area contributed by atoms with Crippen LogP contribution in [-0.2, 0) is 7.05 Å². The first kappa shape index (κ1) is 10.8. The van der Waals surface area contributed by atoms with Gasteiger partial charge in [-0.05, 0) is 17.7 Å². The summed E-state index contributed by atoms with van der Waals surface area (Å²) in [6, 6.07) is 16.4. The van der Waals surface area contributed by atoms with E-state index >= 15 is 0 Å². The molecule has 3 aromatic rings. The van der Waals surface area contributed by atoms with Crippen molar-refractivity contribution in [2.75, 3.05) is 0 Å². The van der Waals surface area contributed by atoms with Crippen LogP contribution in [0.4, 0.5) is 0 Å². The highest BCUT2D eigenvalue weighted by Crippen LogP contribution is 2.26. The first-order valence-electron chi connectivity index (χ1n) is 5.94. The van der Waals surface area contributed by atoms with E-state index < -0.39 is 0 Å². The average Bonchev–Trinajstić information content (AvgIpc) is 2.76. The van der Waals surface area contributed by atoms with Crippen molar-refractivity contribution < 1.29 is 0 Å². The third-order valence-electron chi connectivity index (χ3n) is 3.21. The molecule has 0 aliphatic rings. The quantitative estimate of drug-likeness (QED) is 0.658. The Kier molecular flexibility index (Phi) is 2.49. The van der Waals surface area contributed by atoms with Crippen molar-refractivity contribution in [3.8, 4) is 11.4 Å². The zero-order valence-corrected chi connectivity index (χ0v) is 10.3. The molecule has 0 aliphatic heterocycles. The van der Waals surface area contributed by atoms with Crippen molar-refractivity contribution in [1.82, 2.24) is 9.55 Å². The fourth-order valence-corrected chi connectivity index (χ4v) is 2.27. The normalized spacial score (nSPS) is 10.7. The van der Waals surface area contributed by atoms with Gasteiger partial charge in [-0.3, -0.25) is 0 Å². The van der Waals surface area contributed by atoms with Crippen LogP contribution in [0.1, 0.15) is 5.56 Å². The van der Waals surface area contributed by atoms with Crippen LogP contribution in [-0.4, -0.2) is 9.55 Å². The number of imidazole rings is 1. The fraction of sp³-hybridized carbons (Fsp3) is 0.0625. The second kappa shape index (κ2) is 4.15. The van der Waals surface area contributed by atoms with Crippen molar-refractivity contribution in [2.24, 2.45) is 7.05 Å². The van der Waals surface area contributed by atoms with Gasteiger partial charge in [-0.15, -0.1) is 0 Å². The molecule has 2 heteroatoms. The van der Waals surface area contributed by atoms with Gasteiger partial charge in [0, 0.05) is 12.6 Å². The van der Waals surface area contributed by atoms with E-state index in [2.05, 4.69) is 29.3 Å². The molecular weight excluding hydrogens is 220 g/mol. The molecule has 0 spiro atoms. The van der Waals surface area contributed by atoms with Gasteiger partial charge >= 0.3 is 0 Å². The molecule has 0 unspecified atom stereocenters. The lowest BCUT2D eigenvalue weighted by molar-refractivity contribution is 0.959. The zero-order valence-electron chi connectivity index (χ0n) is 10.3. The first-order chi connectivity index (χ1) is 8.81. The molecule has 1 aromatic heterocycles. The summed E-state index contributed by atoms with van der Waals surface area (Å²) in [4.78, 5) is 4.71. The molecule has 2 aromatic carbocycles. The highest BCUT2D eigenvalue weighted by Gasteiger charge is 2.10. The van der Waals surface area contributed by atoms with Gasteiger partial charge < -0.3 is 4.57 Å². The van der Waals surface area contributed by atoms with Crippen LogP contribution in [0, 0.1) is 0 Å². The monoisotopic (exact) mass is 234 g/mol. The number of nitrogens with zero attached hydrogens (tertiary/aromatic N) is 2. The molecule has 0 amide bonds. The Bertz CT molecular complexity index is 723. The van der Waals surface area contributed by atoms with E-state index in [-0.39, 0.29) is 0 Å². The lowest BCUT2D eigenvalue weighted by Gasteiger charge is -2.05. The molecule has 1 heterocycles. The zero-order chi connectivity index (χ0) is 12.5. The molecule has 0 saturated carbocycles. The summed E-state index contributed by atoms with van der Waals surface area (Å²) in [6.07, 6.45) is 1.87. The summed E-state index contributed by atoms with van der Waals surface area (Å²) in [7, 11) is 2.05. The van der Waals surface area contributed by atoms with E-state index in [0.29, 0.717) is 0 Å². The van der Waals surface area contributed by atoms with Gasteiger partial charge in [0.15, 0.2) is 0 Å². The molecule has 0 N–H and O–H groups in total. The van der Waals surface area contributed by atoms with E-state index in [1.54, 1.807) is 0 Å². The predicted octanol–water partition coefficient (Wildman–Crippen LogP) is 3.88. The maximum absolute atomic E-state index is 4.71. The van der Waals surface area contributed by atoms with Crippen molar-refractivity contribution in [1.29, 1.82) is 0 Å². The van der Waals surface area contributed by atoms with Crippen LogP contribution in [0.3, 0.4) is 0 Å². The summed E-state index contributed by atoms with van der Waals surface area (Å²) in [5, 5.41) is 0. The number of aryl methyl sites for hydroxylation is 1. The van der Waals surface area contributed by atoms with Crippen LogP contribution in [0.15, 0.2) is 55.1 Å². The largest absolute Gasteiger partial charge is 0.327 e. The molecule has 0 fully saturated rings. The van der Waals surface area contributed by atoms with E-state index in [1.807, 2.05) is 43.5 Å². The molecule has 3 rings (SSSR count). The third-order valence-corrected chi connectivity index (χ3v) is 3.21. The van der Waals surface area contributed by atoms with E-state index in [1.165, 1.54) is 0 Å². The molecule has 0 bridgehead atoms. The minimum Gasteiger partial charge on any atom is -0.327 e. The number of hydrogen-bond donors (Lipinski definition) is 0. The summed E-state index contributed by atoms with van der Waals surface area (Å²) in [5.74, 6) is 0.978. The van der Waals surface area contributed by atoms with Crippen LogP contribution >= 0.6 is 0 Å². The van der Waals surface area contributed by atoms with Crippen LogP contribution < -0.4 is 0 Å². The second-order valence-electron chi connectivity index (χ2n) is 4.27. The van der Waals surface area contributed by atoms with E-state index in [4.69, 9.17) is 4.98 Å². The molecule has 0 aliphatic carbocycles. The molecule has 18 heavy (non-hydrogen) atoms. The topological polar surface area (TPSA) is 17.8 Å². The Balaban J connectivity index is 2.32. The molecule has 0 radical (unpaired) electrons. The minimum absolute atomic E-state index is 0.978. The summed E-state index contributed by atoms with van der Waals surface area (Å²) >= 11 is 0. The van der Waals surface area contributed by atoms with Crippen molar-refractivity contribution in [3.05, 3.63) is 60.7 Å². The highest BCUT2D eigenvalue weighted by molar-refractivity contribution is 5.82. The average molecular weight is 234 g/mol. The fourth-order valence-electron chi connectivity index (χ4n) is 2.27. The van der Waals surface area contributed by atoms with Crippen LogP contribution in [0.2, 0.25) is 0 Å². The Morgan fingerprint density at radius 1 is 1.06 bits per heavy atom. The molecule has 2 nitrogen and oxygen atoms in total. The molecule has 88 valence electrons. The van der Waals surface area contributed by atoms with Gasteiger partial charge in [-0.2, -0.15) is 0 Å². The van der Waals surface area contributed by atoms with Crippen LogP contribution in [0.5, 0.6) is 0 Å². The van der Waals surface area contributed by atoms with Gasteiger partial charge in [0.05, 0.1) is 11.0 Å². The van der Waals surface area contributed by atoms with Crippen molar-refractivity contribution >= 4 is 17.1 Å². The Morgan fingerprint density at radius 3 is 2.56 bits per heavy atom. The number of benzene rings is 2. The molecule has 0 saturated heterocycles. The number of fused-ring (bicyclic) bond motifs is 1. The third kappa shape index (κ3) is 1.54. The predicted molar refractivity (Wildman–Crippen MR) is 76.2 cm³/mol. The number of hydrogen-bond acceptors (Lipinski definition) is 1. The number of para-hydroxylation sites is 2. The number of aromatic nitrogens is 2. The van der Waals surface area contributed by atoms with Gasteiger partial charge in [-0.1, -0.05) is 49.1 Å². The summed E-state index contributed by atoms with van der Waals surface area (Å²) < 4.78 is 2.12. The minimum atomic E-state index is 0.978. The SMILES string of the molecule is C=Cc1ccccc1-c1nc2ccccc2n1C. The maximum Gasteiger partial charge on any atom is 0.141 e. The smallest absolute Gasteiger partial charge is 0.141 e. The second-order valence-corrected chi connectivity index (χ2v) is 4.27. The standard InChI is InChI=1S/C16H14N2/c1-3-12-8-4-5-9-13(12)16-17-14-10-6-7-11-15(14)18(16)2/h3-11H,1H2,2H3. The Morgan fingerprint density at radius 2 is 1.78 bits per heavy atom. The lowest BCUT2D eigenvalue weighted by Crippen LogP contribution is -1.94. The number of rotatable bonds is 2. The lowest BCUT2D eigenvalue weighted by atomic mass is 10.1. The summed E-state index contributed by atoms with van der Waals surface area (Å²) in [5.41, 5.74) is 4.39.